The molecule has 0 aliphatic carbocycles. The van der Waals surface area contributed by atoms with Gasteiger partial charge in [-0.2, -0.15) is 0 Å². The van der Waals surface area contributed by atoms with Crippen LogP contribution in [0.1, 0.15) is 61.3 Å². The Hall–Kier alpha value is -2.17. The molecule has 5 heteroatoms. The maximum atomic E-state index is 13.1. The van der Waals surface area contributed by atoms with E-state index in [9.17, 15) is 14.4 Å². The third kappa shape index (κ3) is 3.21. The van der Waals surface area contributed by atoms with E-state index in [0.29, 0.717) is 24.2 Å². The zero-order valence-corrected chi connectivity index (χ0v) is 14.9. The first kappa shape index (κ1) is 18.2. The maximum absolute atomic E-state index is 13.1. The summed E-state index contributed by atoms with van der Waals surface area (Å²) in [6.45, 7) is 9.06. The van der Waals surface area contributed by atoms with Gasteiger partial charge in [-0.15, -0.1) is 0 Å². The van der Waals surface area contributed by atoms with Crippen molar-refractivity contribution >= 4 is 17.7 Å². The molecular formula is C19H26N2O3. The monoisotopic (exact) mass is 330 g/mol. The first-order chi connectivity index (χ1) is 11.4. The van der Waals surface area contributed by atoms with E-state index < -0.39 is 6.04 Å². The molecule has 1 heterocycles. The highest BCUT2D eigenvalue weighted by Gasteiger charge is 2.44. The van der Waals surface area contributed by atoms with Gasteiger partial charge in [0.25, 0.3) is 11.8 Å². The molecule has 1 aromatic carbocycles. The molecule has 0 N–H and O–H groups in total. The maximum Gasteiger partial charge on any atom is 0.262 e. The van der Waals surface area contributed by atoms with Crippen molar-refractivity contribution in [3.8, 4) is 0 Å². The number of hydrogen-bond acceptors (Lipinski definition) is 3. The van der Waals surface area contributed by atoms with Crippen LogP contribution in [0.15, 0.2) is 24.3 Å². The van der Waals surface area contributed by atoms with Gasteiger partial charge in [0, 0.05) is 13.1 Å². The largest absolute Gasteiger partial charge is 0.341 e. The first-order valence-corrected chi connectivity index (χ1v) is 8.69. The van der Waals surface area contributed by atoms with Gasteiger partial charge in [0.2, 0.25) is 5.91 Å². The van der Waals surface area contributed by atoms with Crippen LogP contribution in [0.4, 0.5) is 0 Å². The van der Waals surface area contributed by atoms with E-state index in [4.69, 9.17) is 0 Å². The molecule has 1 aliphatic heterocycles. The lowest BCUT2D eigenvalue weighted by atomic mass is 10.0. The summed E-state index contributed by atoms with van der Waals surface area (Å²) in [5.41, 5.74) is 0.775. The van der Waals surface area contributed by atoms with Crippen LogP contribution in [0.5, 0.6) is 0 Å². The lowest BCUT2D eigenvalue weighted by molar-refractivity contribution is -0.137. The van der Waals surface area contributed by atoms with Crippen molar-refractivity contribution < 1.29 is 14.4 Å². The molecule has 0 fully saturated rings. The summed E-state index contributed by atoms with van der Waals surface area (Å²) in [6, 6.07) is 6.01. The van der Waals surface area contributed by atoms with Crippen molar-refractivity contribution in [1.82, 2.24) is 9.80 Å². The van der Waals surface area contributed by atoms with E-state index in [-0.39, 0.29) is 23.6 Å². The molecule has 0 saturated carbocycles. The van der Waals surface area contributed by atoms with Crippen molar-refractivity contribution in [1.29, 1.82) is 0 Å². The fourth-order valence-corrected chi connectivity index (χ4v) is 3.21. The van der Waals surface area contributed by atoms with Gasteiger partial charge in [0.05, 0.1) is 11.1 Å². The molecule has 130 valence electrons. The molecule has 1 aliphatic rings. The number of amides is 3. The van der Waals surface area contributed by atoms with Crippen molar-refractivity contribution in [3.05, 3.63) is 35.4 Å². The number of hydrogen-bond donors (Lipinski definition) is 0. The van der Waals surface area contributed by atoms with Crippen LogP contribution in [0.2, 0.25) is 0 Å². The van der Waals surface area contributed by atoms with Gasteiger partial charge < -0.3 is 4.90 Å². The van der Waals surface area contributed by atoms with Crippen LogP contribution in [-0.4, -0.2) is 46.7 Å². The molecule has 0 saturated heterocycles. The van der Waals surface area contributed by atoms with Gasteiger partial charge in [-0.3, -0.25) is 19.3 Å². The van der Waals surface area contributed by atoms with Crippen molar-refractivity contribution in [2.24, 2.45) is 5.92 Å². The Kier molecular flexibility index (Phi) is 5.75. The molecule has 0 aromatic heterocycles. The molecule has 0 spiro atoms. The van der Waals surface area contributed by atoms with E-state index >= 15 is 0 Å². The topological polar surface area (TPSA) is 57.7 Å². The van der Waals surface area contributed by atoms with E-state index in [2.05, 4.69) is 0 Å². The molecule has 2 rings (SSSR count). The SMILES string of the molecule is CCCN(CCC)C(=O)C(C(C)C)N1C(=O)c2ccccc2C1=O. The number of benzene rings is 1. The molecule has 0 radical (unpaired) electrons. The van der Waals surface area contributed by atoms with Crippen LogP contribution < -0.4 is 0 Å². The smallest absolute Gasteiger partial charge is 0.262 e. The number of rotatable bonds is 7. The number of carbonyl (C=O) groups is 3. The quantitative estimate of drug-likeness (QED) is 0.722. The molecule has 3 amide bonds. The summed E-state index contributed by atoms with van der Waals surface area (Å²) in [4.78, 5) is 41.5. The van der Waals surface area contributed by atoms with Gasteiger partial charge in [0.15, 0.2) is 0 Å². The zero-order chi connectivity index (χ0) is 17.9. The predicted octanol–water partition coefficient (Wildman–Crippen LogP) is 2.96. The molecule has 1 unspecified atom stereocenters. The van der Waals surface area contributed by atoms with Crippen LogP contribution >= 0.6 is 0 Å². The summed E-state index contributed by atoms with van der Waals surface area (Å²) < 4.78 is 0. The second-order valence-electron chi connectivity index (χ2n) is 6.54. The molecular weight excluding hydrogens is 304 g/mol. The van der Waals surface area contributed by atoms with E-state index in [1.165, 1.54) is 0 Å². The van der Waals surface area contributed by atoms with Crippen molar-refractivity contribution in [2.75, 3.05) is 13.1 Å². The van der Waals surface area contributed by atoms with Crippen LogP contribution in [0.3, 0.4) is 0 Å². The standard InChI is InChI=1S/C19H26N2O3/c1-5-11-20(12-6-2)19(24)16(13(3)4)21-17(22)14-9-7-8-10-15(14)18(21)23/h7-10,13,16H,5-6,11-12H2,1-4H3. The average Bonchev–Trinajstić information content (AvgIpc) is 2.80. The minimum atomic E-state index is -0.754. The summed E-state index contributed by atoms with van der Waals surface area (Å²) in [7, 11) is 0. The van der Waals surface area contributed by atoms with Crippen molar-refractivity contribution in [3.63, 3.8) is 0 Å². The highest BCUT2D eigenvalue weighted by molar-refractivity contribution is 6.22. The Balaban J connectivity index is 2.37. The molecule has 1 atom stereocenters. The van der Waals surface area contributed by atoms with Gasteiger partial charge in [-0.1, -0.05) is 39.8 Å². The van der Waals surface area contributed by atoms with Gasteiger partial charge >= 0.3 is 0 Å². The van der Waals surface area contributed by atoms with Crippen LogP contribution in [0, 0.1) is 5.92 Å². The summed E-state index contributed by atoms with van der Waals surface area (Å²) in [5.74, 6) is -1.01. The summed E-state index contributed by atoms with van der Waals surface area (Å²) in [6.07, 6.45) is 1.69. The van der Waals surface area contributed by atoms with E-state index in [1.807, 2.05) is 27.7 Å². The molecule has 1 aromatic rings. The third-order valence-corrected chi connectivity index (χ3v) is 4.29. The highest BCUT2D eigenvalue weighted by atomic mass is 16.2. The Morgan fingerprint density at radius 2 is 1.46 bits per heavy atom. The number of nitrogens with zero attached hydrogens (tertiary/aromatic N) is 2. The highest BCUT2D eigenvalue weighted by Crippen LogP contribution is 2.28. The summed E-state index contributed by atoms with van der Waals surface area (Å²) >= 11 is 0. The van der Waals surface area contributed by atoms with Gasteiger partial charge in [0.1, 0.15) is 6.04 Å². The fraction of sp³-hybridized carbons (Fsp3) is 0.526. The van der Waals surface area contributed by atoms with Crippen molar-refractivity contribution in [2.45, 2.75) is 46.6 Å². The zero-order valence-electron chi connectivity index (χ0n) is 14.9. The second-order valence-corrected chi connectivity index (χ2v) is 6.54. The third-order valence-electron chi connectivity index (χ3n) is 4.29. The number of imide groups is 1. The Morgan fingerprint density at radius 3 is 1.83 bits per heavy atom. The Bertz CT molecular complexity index is 598. The molecule has 24 heavy (non-hydrogen) atoms. The molecule has 5 nitrogen and oxygen atoms in total. The Morgan fingerprint density at radius 1 is 1.00 bits per heavy atom. The van der Waals surface area contributed by atoms with Crippen LogP contribution in [-0.2, 0) is 4.79 Å². The minimum Gasteiger partial charge on any atom is -0.341 e. The normalized spacial score (nSPS) is 15.0. The van der Waals surface area contributed by atoms with E-state index in [1.54, 1.807) is 29.2 Å². The lowest BCUT2D eigenvalue weighted by Crippen LogP contribution is -2.53. The average molecular weight is 330 g/mol. The Labute approximate surface area is 143 Å². The van der Waals surface area contributed by atoms with Crippen LogP contribution in [0.25, 0.3) is 0 Å². The van der Waals surface area contributed by atoms with E-state index in [0.717, 1.165) is 17.7 Å². The fourth-order valence-electron chi connectivity index (χ4n) is 3.21. The minimum absolute atomic E-state index is 0.136. The van der Waals surface area contributed by atoms with Gasteiger partial charge in [-0.05, 0) is 30.9 Å². The predicted molar refractivity (Wildman–Crippen MR) is 92.7 cm³/mol. The first-order valence-electron chi connectivity index (χ1n) is 8.69. The second kappa shape index (κ2) is 7.60. The lowest BCUT2D eigenvalue weighted by Gasteiger charge is -2.33. The van der Waals surface area contributed by atoms with Gasteiger partial charge in [-0.25, -0.2) is 0 Å². The summed E-state index contributed by atoms with van der Waals surface area (Å²) in [5, 5.41) is 0. The number of fused-ring (bicyclic) bond motifs is 1. The molecule has 0 bridgehead atoms. The number of carbonyl (C=O) groups excluding carboxylic acids is 3.